The molecule has 2 aromatic rings. The number of ether oxygens (including phenoxy) is 1. The van der Waals surface area contributed by atoms with Gasteiger partial charge in [-0.2, -0.15) is 0 Å². The van der Waals surface area contributed by atoms with Crippen LogP contribution in [0.1, 0.15) is 43.0 Å². The average molecular weight is 399 g/mol. The molecule has 154 valence electrons. The van der Waals surface area contributed by atoms with Gasteiger partial charge in [0.2, 0.25) is 11.9 Å². The quantitative estimate of drug-likeness (QED) is 0.776. The second-order valence-electron chi connectivity index (χ2n) is 7.50. The van der Waals surface area contributed by atoms with Gasteiger partial charge in [0, 0.05) is 43.9 Å². The van der Waals surface area contributed by atoms with Crippen molar-refractivity contribution in [2.45, 2.75) is 44.3 Å². The lowest BCUT2D eigenvalue weighted by Gasteiger charge is -2.33. The van der Waals surface area contributed by atoms with Gasteiger partial charge in [0.15, 0.2) is 0 Å². The topological polar surface area (TPSA) is 79.4 Å². The lowest BCUT2D eigenvalue weighted by Crippen LogP contribution is -2.48. The zero-order valence-electron chi connectivity index (χ0n) is 16.5. The molecule has 2 atom stereocenters. The van der Waals surface area contributed by atoms with Gasteiger partial charge in [0.25, 0.3) is 0 Å². The molecule has 2 N–H and O–H groups in total. The number of methoxy groups -OCH3 is 1. The summed E-state index contributed by atoms with van der Waals surface area (Å²) in [5, 5.41) is 6.39. The lowest BCUT2D eigenvalue weighted by atomic mass is 9.91. The maximum atomic E-state index is 14.5. The van der Waals surface area contributed by atoms with E-state index >= 15 is 0 Å². The molecule has 1 aromatic carbocycles. The minimum absolute atomic E-state index is 0.0753. The summed E-state index contributed by atoms with van der Waals surface area (Å²) in [7, 11) is 1.54. The van der Waals surface area contributed by atoms with E-state index in [2.05, 4.69) is 25.5 Å². The Morgan fingerprint density at radius 3 is 2.93 bits per heavy atom. The minimum Gasteiger partial charge on any atom is -0.497 e. The van der Waals surface area contributed by atoms with Crippen LogP contribution in [0.4, 0.5) is 10.3 Å². The third-order valence-corrected chi connectivity index (χ3v) is 5.57. The summed E-state index contributed by atoms with van der Waals surface area (Å²) in [5.74, 6) is 0.886. The first-order chi connectivity index (χ1) is 14.1. The Morgan fingerprint density at radius 2 is 2.14 bits per heavy atom. The van der Waals surface area contributed by atoms with Crippen molar-refractivity contribution in [1.82, 2.24) is 20.6 Å². The number of nitrogens with zero attached hydrogens (tertiary/aromatic N) is 3. The Bertz CT molecular complexity index is 872. The summed E-state index contributed by atoms with van der Waals surface area (Å²) in [6.07, 6.45) is 5.14. The fourth-order valence-electron chi connectivity index (χ4n) is 3.99. The van der Waals surface area contributed by atoms with Crippen molar-refractivity contribution < 1.29 is 13.9 Å². The molecule has 1 aromatic heterocycles. The molecule has 0 unspecified atom stereocenters. The first-order valence-electron chi connectivity index (χ1n) is 10.1. The minimum atomic E-state index is -0.466. The number of anilines is 1. The lowest BCUT2D eigenvalue weighted by molar-refractivity contribution is -0.123. The van der Waals surface area contributed by atoms with Crippen LogP contribution in [-0.4, -0.2) is 42.1 Å². The average Bonchev–Trinajstić information content (AvgIpc) is 3.28. The fourth-order valence-corrected chi connectivity index (χ4v) is 3.99. The largest absolute Gasteiger partial charge is 0.497 e. The van der Waals surface area contributed by atoms with Crippen molar-refractivity contribution in [3.63, 3.8) is 0 Å². The predicted octanol–water partition coefficient (Wildman–Crippen LogP) is 2.33. The molecule has 3 heterocycles. The van der Waals surface area contributed by atoms with Gasteiger partial charge in [-0.15, -0.1) is 0 Å². The van der Waals surface area contributed by atoms with Crippen LogP contribution in [0.2, 0.25) is 0 Å². The molecule has 2 aliphatic rings. The second-order valence-corrected chi connectivity index (χ2v) is 7.50. The van der Waals surface area contributed by atoms with Gasteiger partial charge >= 0.3 is 0 Å². The number of nitrogens with one attached hydrogen (secondary N) is 2. The molecule has 0 radical (unpaired) electrons. The number of rotatable bonds is 6. The summed E-state index contributed by atoms with van der Waals surface area (Å²) in [6, 6.07) is 5.91. The number of carbonyl (C=O) groups excluding carboxylic acids is 1. The van der Waals surface area contributed by atoms with E-state index in [4.69, 9.17) is 4.74 Å². The standard InChI is InChI=1S/C21H26FN5O2/c1-29-15-4-5-17(22)16(12-15)20-18(6-7-19(28)26-20)24-13-14-8-9-23-21(25-14)27-10-2-3-11-27/h4-5,8-9,12,18,20,24H,2-3,6-7,10-11,13H2,1H3,(H,26,28)/t18-,20+/m1/s1. The molecule has 29 heavy (non-hydrogen) atoms. The molecule has 7 nitrogen and oxygen atoms in total. The number of aromatic nitrogens is 2. The maximum absolute atomic E-state index is 14.5. The zero-order valence-corrected chi connectivity index (χ0v) is 16.5. The highest BCUT2D eigenvalue weighted by Gasteiger charge is 2.31. The molecule has 2 aliphatic heterocycles. The zero-order chi connectivity index (χ0) is 20.2. The molecular formula is C21H26FN5O2. The first kappa shape index (κ1) is 19.6. The van der Waals surface area contributed by atoms with E-state index in [0.29, 0.717) is 30.7 Å². The number of carbonyl (C=O) groups is 1. The van der Waals surface area contributed by atoms with Gasteiger partial charge in [0.1, 0.15) is 11.6 Å². The van der Waals surface area contributed by atoms with Gasteiger partial charge < -0.3 is 20.3 Å². The van der Waals surface area contributed by atoms with E-state index in [1.165, 1.54) is 18.9 Å². The first-order valence-corrected chi connectivity index (χ1v) is 10.1. The third-order valence-electron chi connectivity index (χ3n) is 5.57. The SMILES string of the molecule is COc1ccc(F)c([C@@H]2NC(=O)CC[C@H]2NCc2ccnc(N3CCCC3)n2)c1. The van der Waals surface area contributed by atoms with E-state index in [1.54, 1.807) is 25.4 Å². The van der Waals surface area contributed by atoms with E-state index < -0.39 is 6.04 Å². The van der Waals surface area contributed by atoms with Gasteiger partial charge in [-0.3, -0.25) is 4.79 Å². The van der Waals surface area contributed by atoms with Crippen LogP contribution in [0, 0.1) is 5.82 Å². The molecule has 4 rings (SSSR count). The van der Waals surface area contributed by atoms with Gasteiger partial charge in [-0.1, -0.05) is 0 Å². The summed E-state index contributed by atoms with van der Waals surface area (Å²) in [4.78, 5) is 23.3. The summed E-state index contributed by atoms with van der Waals surface area (Å²) < 4.78 is 19.8. The summed E-state index contributed by atoms with van der Waals surface area (Å²) >= 11 is 0. The van der Waals surface area contributed by atoms with Crippen LogP contribution in [0.25, 0.3) is 0 Å². The molecule has 1 amide bonds. The van der Waals surface area contributed by atoms with Crippen molar-refractivity contribution in [1.29, 1.82) is 0 Å². The van der Waals surface area contributed by atoms with Crippen molar-refractivity contribution in [2.75, 3.05) is 25.1 Å². The molecule has 8 heteroatoms. The van der Waals surface area contributed by atoms with Crippen LogP contribution in [0.5, 0.6) is 5.75 Å². The van der Waals surface area contributed by atoms with Crippen LogP contribution >= 0.6 is 0 Å². The maximum Gasteiger partial charge on any atom is 0.225 e. The molecule has 2 fully saturated rings. The van der Waals surface area contributed by atoms with Crippen molar-refractivity contribution in [3.8, 4) is 5.75 Å². The number of piperidine rings is 1. The van der Waals surface area contributed by atoms with Crippen LogP contribution in [0.3, 0.4) is 0 Å². The van der Waals surface area contributed by atoms with Crippen molar-refractivity contribution in [3.05, 3.63) is 47.5 Å². The van der Waals surface area contributed by atoms with Crippen LogP contribution in [-0.2, 0) is 11.3 Å². The van der Waals surface area contributed by atoms with E-state index in [9.17, 15) is 9.18 Å². The number of hydrogen-bond donors (Lipinski definition) is 2. The molecule has 0 aliphatic carbocycles. The van der Waals surface area contributed by atoms with Crippen LogP contribution < -0.4 is 20.3 Å². The highest BCUT2D eigenvalue weighted by atomic mass is 19.1. The Morgan fingerprint density at radius 1 is 1.31 bits per heavy atom. The molecule has 2 saturated heterocycles. The summed E-state index contributed by atoms with van der Waals surface area (Å²) in [6.45, 7) is 2.50. The molecular weight excluding hydrogens is 373 g/mol. The number of hydrogen-bond acceptors (Lipinski definition) is 6. The van der Waals surface area contributed by atoms with Crippen LogP contribution in [0.15, 0.2) is 30.5 Å². The Balaban J connectivity index is 1.49. The predicted molar refractivity (Wildman–Crippen MR) is 107 cm³/mol. The van der Waals surface area contributed by atoms with E-state index in [-0.39, 0.29) is 17.8 Å². The summed E-state index contributed by atoms with van der Waals surface area (Å²) in [5.41, 5.74) is 1.30. The van der Waals surface area contributed by atoms with Gasteiger partial charge in [-0.05, 0) is 43.5 Å². The number of amides is 1. The highest BCUT2D eigenvalue weighted by molar-refractivity contribution is 5.77. The Labute approximate surface area is 169 Å². The fraction of sp³-hybridized carbons (Fsp3) is 0.476. The normalized spacial score (nSPS) is 21.9. The van der Waals surface area contributed by atoms with Crippen molar-refractivity contribution >= 4 is 11.9 Å². The molecule has 0 bridgehead atoms. The van der Waals surface area contributed by atoms with E-state index in [0.717, 1.165) is 24.7 Å². The number of benzene rings is 1. The smallest absolute Gasteiger partial charge is 0.225 e. The van der Waals surface area contributed by atoms with Gasteiger partial charge in [-0.25, -0.2) is 14.4 Å². The Kier molecular flexibility index (Phi) is 5.89. The highest BCUT2D eigenvalue weighted by Crippen LogP contribution is 2.29. The van der Waals surface area contributed by atoms with Gasteiger partial charge in [0.05, 0.1) is 18.8 Å². The second kappa shape index (κ2) is 8.73. The van der Waals surface area contributed by atoms with E-state index in [1.807, 2.05) is 6.07 Å². The third kappa shape index (κ3) is 4.48. The number of halogens is 1. The van der Waals surface area contributed by atoms with Crippen molar-refractivity contribution in [2.24, 2.45) is 0 Å². The monoisotopic (exact) mass is 399 g/mol. The Hall–Kier alpha value is -2.74. The molecule has 0 saturated carbocycles. The molecule has 0 spiro atoms.